The first-order valence-electron chi connectivity index (χ1n) is 10.0. The van der Waals surface area contributed by atoms with Crippen molar-refractivity contribution in [3.05, 3.63) is 76.2 Å². The molecular formula is C24H15ClN2O5S. The van der Waals surface area contributed by atoms with Crippen molar-refractivity contribution in [3.63, 3.8) is 0 Å². The predicted molar refractivity (Wildman–Crippen MR) is 127 cm³/mol. The number of benzene rings is 3. The van der Waals surface area contributed by atoms with Gasteiger partial charge < -0.3 is 18.9 Å². The number of carbonyl (C=O) groups excluding carboxylic acids is 1. The summed E-state index contributed by atoms with van der Waals surface area (Å²) >= 11 is 7.29. The molecule has 1 saturated heterocycles. The van der Waals surface area contributed by atoms with E-state index in [0.717, 1.165) is 5.56 Å². The fourth-order valence-corrected chi connectivity index (χ4v) is 4.70. The van der Waals surface area contributed by atoms with E-state index in [1.807, 2.05) is 30.3 Å². The highest BCUT2D eigenvalue weighted by Gasteiger charge is 2.35. The highest BCUT2D eigenvalue weighted by atomic mass is 35.5. The Morgan fingerprint density at radius 3 is 2.27 bits per heavy atom. The number of fused-ring (bicyclic) bond motifs is 2. The molecule has 3 aliphatic heterocycles. The van der Waals surface area contributed by atoms with Gasteiger partial charge in [0, 0.05) is 17.2 Å². The monoisotopic (exact) mass is 478 g/mol. The lowest BCUT2D eigenvalue weighted by Crippen LogP contribution is -2.28. The van der Waals surface area contributed by atoms with Crippen LogP contribution in [0.4, 0.5) is 11.4 Å². The maximum atomic E-state index is 13.5. The predicted octanol–water partition coefficient (Wildman–Crippen LogP) is 5.61. The van der Waals surface area contributed by atoms with Crippen molar-refractivity contribution in [1.29, 1.82) is 0 Å². The summed E-state index contributed by atoms with van der Waals surface area (Å²) < 4.78 is 21.8. The van der Waals surface area contributed by atoms with Gasteiger partial charge in [0.05, 0.1) is 16.3 Å². The lowest BCUT2D eigenvalue weighted by molar-refractivity contribution is -0.113. The van der Waals surface area contributed by atoms with Gasteiger partial charge in [-0.3, -0.25) is 9.69 Å². The lowest BCUT2D eigenvalue weighted by atomic mass is 10.2. The van der Waals surface area contributed by atoms with Crippen molar-refractivity contribution in [3.8, 4) is 23.0 Å². The molecule has 0 unspecified atom stereocenters. The van der Waals surface area contributed by atoms with Crippen LogP contribution in [0.1, 0.15) is 5.56 Å². The summed E-state index contributed by atoms with van der Waals surface area (Å²) in [7, 11) is 0. The zero-order valence-electron chi connectivity index (χ0n) is 17.0. The van der Waals surface area contributed by atoms with Gasteiger partial charge in [0.15, 0.2) is 28.2 Å². The van der Waals surface area contributed by atoms with Gasteiger partial charge in [0.1, 0.15) is 0 Å². The maximum Gasteiger partial charge on any atom is 0.271 e. The average molecular weight is 479 g/mol. The second-order valence-corrected chi connectivity index (χ2v) is 8.72. The summed E-state index contributed by atoms with van der Waals surface area (Å²) in [6.45, 7) is 0.335. The summed E-state index contributed by atoms with van der Waals surface area (Å²) in [5, 5.41) is 1.15. The van der Waals surface area contributed by atoms with Gasteiger partial charge in [0.25, 0.3) is 5.91 Å². The number of hydrogen-bond donors (Lipinski definition) is 0. The standard InChI is InChI=1S/C24H15ClN2O5S/c25-15-3-1-14(2-4-15)9-22-23(28)27(17-6-8-19-21(11-17)32-13-30-19)24(33-22)26-16-5-7-18-20(10-16)31-12-29-18/h1-11H,12-13H2/b22-9-,26-24?. The highest BCUT2D eigenvalue weighted by molar-refractivity contribution is 8.19. The van der Waals surface area contributed by atoms with E-state index in [2.05, 4.69) is 0 Å². The Kier molecular flexibility index (Phi) is 4.89. The molecule has 0 atom stereocenters. The Morgan fingerprint density at radius 2 is 1.52 bits per heavy atom. The van der Waals surface area contributed by atoms with Crippen molar-refractivity contribution in [2.24, 2.45) is 4.99 Å². The molecule has 0 spiro atoms. The number of nitrogens with zero attached hydrogens (tertiary/aromatic N) is 2. The quantitative estimate of drug-likeness (QED) is 0.456. The van der Waals surface area contributed by atoms with Gasteiger partial charge in [-0.15, -0.1) is 0 Å². The van der Waals surface area contributed by atoms with Crippen LogP contribution in [0, 0.1) is 0 Å². The van der Waals surface area contributed by atoms with Gasteiger partial charge in [-0.25, -0.2) is 4.99 Å². The first kappa shape index (κ1) is 20.0. The minimum absolute atomic E-state index is 0.154. The van der Waals surface area contributed by atoms with Crippen LogP contribution in [0.2, 0.25) is 5.02 Å². The molecule has 9 heteroatoms. The van der Waals surface area contributed by atoms with Gasteiger partial charge in [-0.2, -0.15) is 0 Å². The van der Waals surface area contributed by atoms with Gasteiger partial charge >= 0.3 is 0 Å². The fourth-order valence-electron chi connectivity index (χ4n) is 3.58. The molecule has 1 fully saturated rings. The Morgan fingerprint density at radius 1 is 0.848 bits per heavy atom. The van der Waals surface area contributed by atoms with Crippen LogP contribution in [0.15, 0.2) is 70.6 Å². The molecule has 0 bridgehead atoms. The summed E-state index contributed by atoms with van der Waals surface area (Å²) in [5.74, 6) is 2.34. The van der Waals surface area contributed by atoms with Crippen molar-refractivity contribution in [2.45, 2.75) is 0 Å². The number of anilines is 1. The third-order valence-corrected chi connectivity index (χ3v) is 6.39. The lowest BCUT2D eigenvalue weighted by Gasteiger charge is -2.16. The molecule has 7 nitrogen and oxygen atoms in total. The van der Waals surface area contributed by atoms with Gasteiger partial charge in [-0.1, -0.05) is 23.7 Å². The van der Waals surface area contributed by atoms with E-state index in [1.165, 1.54) is 11.8 Å². The highest BCUT2D eigenvalue weighted by Crippen LogP contribution is 2.42. The van der Waals surface area contributed by atoms with Crippen LogP contribution in [0.3, 0.4) is 0 Å². The number of amidine groups is 1. The second kappa shape index (κ2) is 8.06. The number of halogens is 1. The van der Waals surface area contributed by atoms with Crippen LogP contribution in [-0.2, 0) is 4.79 Å². The van der Waals surface area contributed by atoms with Crippen molar-refractivity contribution in [2.75, 3.05) is 18.5 Å². The zero-order chi connectivity index (χ0) is 22.4. The zero-order valence-corrected chi connectivity index (χ0v) is 18.6. The molecule has 6 rings (SSSR count). The molecule has 0 aromatic heterocycles. The number of thioether (sulfide) groups is 1. The van der Waals surface area contributed by atoms with Crippen LogP contribution < -0.4 is 23.8 Å². The molecule has 0 N–H and O–H groups in total. The third kappa shape index (κ3) is 3.77. The summed E-state index contributed by atoms with van der Waals surface area (Å²) in [4.78, 5) is 20.3. The summed E-state index contributed by atoms with van der Waals surface area (Å²) in [5.41, 5.74) is 2.15. The molecule has 3 aliphatic rings. The Hall–Kier alpha value is -3.62. The minimum atomic E-state index is -0.187. The Bertz CT molecular complexity index is 1340. The van der Waals surface area contributed by atoms with Gasteiger partial charge in [-0.05, 0) is 59.8 Å². The smallest absolute Gasteiger partial charge is 0.271 e. The molecule has 164 valence electrons. The summed E-state index contributed by atoms with van der Waals surface area (Å²) in [6.07, 6.45) is 1.82. The number of aliphatic imine (C=N–C) groups is 1. The van der Waals surface area contributed by atoms with Crippen LogP contribution in [-0.4, -0.2) is 24.7 Å². The largest absolute Gasteiger partial charge is 0.454 e. The summed E-state index contributed by atoms with van der Waals surface area (Å²) in [6, 6.07) is 18.1. The number of hydrogen-bond acceptors (Lipinski definition) is 7. The Labute approximate surface area is 198 Å². The van der Waals surface area contributed by atoms with E-state index in [1.54, 1.807) is 41.3 Å². The molecule has 0 saturated carbocycles. The molecule has 1 amide bonds. The van der Waals surface area contributed by atoms with E-state index >= 15 is 0 Å². The molecule has 3 aromatic carbocycles. The van der Waals surface area contributed by atoms with Crippen molar-refractivity contribution in [1.82, 2.24) is 0 Å². The van der Waals surface area contributed by atoms with Crippen molar-refractivity contribution >= 4 is 51.9 Å². The topological polar surface area (TPSA) is 69.6 Å². The first-order valence-corrected chi connectivity index (χ1v) is 11.2. The van der Waals surface area contributed by atoms with E-state index in [-0.39, 0.29) is 19.5 Å². The molecule has 0 radical (unpaired) electrons. The van der Waals surface area contributed by atoms with Crippen molar-refractivity contribution < 1.29 is 23.7 Å². The third-order valence-electron chi connectivity index (χ3n) is 5.17. The first-order chi connectivity index (χ1) is 16.1. The van der Waals surface area contributed by atoms with Crippen LogP contribution in [0.5, 0.6) is 23.0 Å². The minimum Gasteiger partial charge on any atom is -0.454 e. The fraction of sp³-hybridized carbons (Fsp3) is 0.0833. The van der Waals surface area contributed by atoms with E-state index in [0.29, 0.717) is 49.5 Å². The van der Waals surface area contributed by atoms with E-state index in [4.69, 9.17) is 35.5 Å². The van der Waals surface area contributed by atoms with Crippen LogP contribution in [0.25, 0.3) is 6.08 Å². The maximum absolute atomic E-state index is 13.5. The molecule has 33 heavy (non-hydrogen) atoms. The molecule has 3 heterocycles. The molecule has 3 aromatic rings. The number of carbonyl (C=O) groups is 1. The SMILES string of the molecule is O=C1/C(=C/c2ccc(Cl)cc2)SC(=Nc2ccc3c(c2)OCO3)N1c1ccc2c(c1)OCO2. The van der Waals surface area contributed by atoms with E-state index < -0.39 is 0 Å². The van der Waals surface area contributed by atoms with Crippen LogP contribution >= 0.6 is 23.4 Å². The molecular weight excluding hydrogens is 464 g/mol. The second-order valence-electron chi connectivity index (χ2n) is 7.27. The number of amides is 1. The average Bonchev–Trinajstić information content (AvgIpc) is 3.54. The van der Waals surface area contributed by atoms with Gasteiger partial charge in [0.2, 0.25) is 13.6 Å². The Balaban J connectivity index is 1.42. The number of ether oxygens (including phenoxy) is 4. The molecule has 0 aliphatic carbocycles. The number of rotatable bonds is 3. The normalized spacial score (nSPS) is 18.6. The van der Waals surface area contributed by atoms with E-state index in [9.17, 15) is 4.79 Å².